The second kappa shape index (κ2) is 5.12. The zero-order chi connectivity index (χ0) is 13.2. The summed E-state index contributed by atoms with van der Waals surface area (Å²) in [6.07, 6.45) is 0. The minimum absolute atomic E-state index is 0.0102. The van der Waals surface area contributed by atoms with Crippen molar-refractivity contribution >= 4 is 21.4 Å². The van der Waals surface area contributed by atoms with Gasteiger partial charge in [0.15, 0.2) is 9.84 Å². The molecule has 2 nitrogen and oxygen atoms in total. The first-order chi connectivity index (χ1) is 8.47. The molecule has 2 rings (SSSR count). The monoisotopic (exact) mass is 280 g/mol. The fourth-order valence-electron chi connectivity index (χ4n) is 1.75. The lowest BCUT2D eigenvalue weighted by Gasteiger charge is -2.05. The quantitative estimate of drug-likeness (QED) is 0.860. The molecule has 0 N–H and O–H groups in total. The third kappa shape index (κ3) is 3.12. The number of sulfone groups is 1. The topological polar surface area (TPSA) is 34.1 Å². The molecule has 0 amide bonds. The lowest BCUT2D eigenvalue weighted by molar-refractivity contribution is 0.595. The highest BCUT2D eigenvalue weighted by Crippen LogP contribution is 2.19. The molecule has 0 aliphatic rings. The van der Waals surface area contributed by atoms with E-state index in [1.807, 2.05) is 31.2 Å². The van der Waals surface area contributed by atoms with Crippen molar-refractivity contribution in [3.8, 4) is 0 Å². The van der Waals surface area contributed by atoms with Crippen molar-refractivity contribution in [1.29, 1.82) is 0 Å². The van der Waals surface area contributed by atoms with Crippen molar-refractivity contribution in [3.05, 3.63) is 64.7 Å². The van der Waals surface area contributed by atoms with E-state index in [0.717, 1.165) is 11.1 Å². The van der Waals surface area contributed by atoms with Crippen LogP contribution in [0.5, 0.6) is 0 Å². The van der Waals surface area contributed by atoms with E-state index >= 15 is 0 Å². The van der Waals surface area contributed by atoms with Gasteiger partial charge in [-0.05, 0) is 36.8 Å². The molecule has 0 heterocycles. The highest BCUT2D eigenvalue weighted by atomic mass is 35.5. The van der Waals surface area contributed by atoms with Gasteiger partial charge >= 0.3 is 0 Å². The Hall–Kier alpha value is -1.32. The van der Waals surface area contributed by atoms with Crippen LogP contribution in [0.4, 0.5) is 0 Å². The van der Waals surface area contributed by atoms with Gasteiger partial charge in [0.2, 0.25) is 0 Å². The van der Waals surface area contributed by atoms with Crippen LogP contribution in [0, 0.1) is 6.92 Å². The van der Waals surface area contributed by atoms with Crippen molar-refractivity contribution in [1.82, 2.24) is 0 Å². The summed E-state index contributed by atoms with van der Waals surface area (Å²) in [7, 11) is -3.31. The van der Waals surface area contributed by atoms with E-state index in [9.17, 15) is 8.42 Å². The first-order valence-corrected chi connectivity index (χ1v) is 7.54. The van der Waals surface area contributed by atoms with Gasteiger partial charge in [-0.15, -0.1) is 0 Å². The average molecular weight is 281 g/mol. The van der Waals surface area contributed by atoms with E-state index in [1.165, 1.54) is 12.1 Å². The minimum Gasteiger partial charge on any atom is -0.223 e. The summed E-state index contributed by atoms with van der Waals surface area (Å²) in [6.45, 7) is 1.94. The lowest BCUT2D eigenvalue weighted by Crippen LogP contribution is -2.04. The smallest absolute Gasteiger partial charge is 0.182 e. The predicted molar refractivity (Wildman–Crippen MR) is 73.5 cm³/mol. The van der Waals surface area contributed by atoms with Crippen LogP contribution < -0.4 is 0 Å². The molecule has 0 aromatic heterocycles. The van der Waals surface area contributed by atoms with Crippen LogP contribution in [0.1, 0.15) is 11.1 Å². The van der Waals surface area contributed by atoms with Gasteiger partial charge in [-0.3, -0.25) is 0 Å². The second-order valence-corrected chi connectivity index (χ2v) is 6.63. The molecule has 2 aromatic rings. The molecule has 0 saturated carbocycles. The Morgan fingerprint density at radius 1 is 1.06 bits per heavy atom. The molecule has 0 fully saturated rings. The molecule has 0 saturated heterocycles. The standard InChI is InChI=1S/C14H13ClO2S/c1-11-3-2-4-12(9-11)10-18(16,17)14-7-5-13(15)6-8-14/h2-9H,10H2,1H3. The average Bonchev–Trinajstić information content (AvgIpc) is 2.29. The van der Waals surface area contributed by atoms with Gasteiger partial charge in [-0.2, -0.15) is 0 Å². The summed E-state index contributed by atoms with van der Waals surface area (Å²) < 4.78 is 24.4. The molecule has 2 aromatic carbocycles. The van der Waals surface area contributed by atoms with Crippen molar-refractivity contribution in [2.45, 2.75) is 17.6 Å². The SMILES string of the molecule is Cc1cccc(CS(=O)(=O)c2ccc(Cl)cc2)c1. The van der Waals surface area contributed by atoms with Crippen molar-refractivity contribution < 1.29 is 8.42 Å². The largest absolute Gasteiger partial charge is 0.223 e. The van der Waals surface area contributed by atoms with Crippen LogP contribution in [-0.4, -0.2) is 8.42 Å². The summed E-state index contributed by atoms with van der Waals surface area (Å²) in [6, 6.07) is 13.8. The molecule has 4 heteroatoms. The van der Waals surface area contributed by atoms with Gasteiger partial charge in [-0.25, -0.2) is 8.42 Å². The second-order valence-electron chi connectivity index (χ2n) is 4.20. The van der Waals surface area contributed by atoms with E-state index in [1.54, 1.807) is 12.1 Å². The highest BCUT2D eigenvalue weighted by Gasteiger charge is 2.15. The minimum atomic E-state index is -3.31. The van der Waals surface area contributed by atoms with E-state index in [2.05, 4.69) is 0 Å². The maximum Gasteiger partial charge on any atom is 0.182 e. The number of rotatable bonds is 3. The molecule has 0 atom stereocenters. The molecular weight excluding hydrogens is 268 g/mol. The fourth-order valence-corrected chi connectivity index (χ4v) is 3.21. The summed E-state index contributed by atoms with van der Waals surface area (Å²) in [5.41, 5.74) is 1.85. The third-order valence-electron chi connectivity index (χ3n) is 2.61. The van der Waals surface area contributed by atoms with E-state index < -0.39 is 9.84 Å². The van der Waals surface area contributed by atoms with Gasteiger partial charge in [0, 0.05) is 5.02 Å². The van der Waals surface area contributed by atoms with Crippen LogP contribution in [-0.2, 0) is 15.6 Å². The molecule has 0 aliphatic carbocycles. The van der Waals surface area contributed by atoms with Gasteiger partial charge in [0.05, 0.1) is 10.6 Å². The summed E-state index contributed by atoms with van der Waals surface area (Å²) in [4.78, 5) is 0.299. The fraction of sp³-hybridized carbons (Fsp3) is 0.143. The number of hydrogen-bond acceptors (Lipinski definition) is 2. The van der Waals surface area contributed by atoms with Crippen molar-refractivity contribution in [2.75, 3.05) is 0 Å². The number of halogens is 1. The Morgan fingerprint density at radius 2 is 1.72 bits per heavy atom. The number of benzene rings is 2. The zero-order valence-electron chi connectivity index (χ0n) is 9.93. The first kappa shape index (κ1) is 13.1. The maximum absolute atomic E-state index is 12.2. The molecule has 0 radical (unpaired) electrons. The highest BCUT2D eigenvalue weighted by molar-refractivity contribution is 7.90. The van der Waals surface area contributed by atoms with Gasteiger partial charge in [0.1, 0.15) is 0 Å². The van der Waals surface area contributed by atoms with Crippen molar-refractivity contribution in [3.63, 3.8) is 0 Å². The first-order valence-electron chi connectivity index (χ1n) is 5.51. The molecular formula is C14H13ClO2S. The van der Waals surface area contributed by atoms with Crippen LogP contribution >= 0.6 is 11.6 Å². The molecule has 18 heavy (non-hydrogen) atoms. The van der Waals surface area contributed by atoms with Gasteiger partial charge < -0.3 is 0 Å². The molecule has 0 bridgehead atoms. The summed E-state index contributed by atoms with van der Waals surface area (Å²) in [5.74, 6) is 0.0102. The Labute approximate surface area is 112 Å². The molecule has 94 valence electrons. The third-order valence-corrected chi connectivity index (χ3v) is 4.57. The van der Waals surface area contributed by atoms with Crippen LogP contribution in [0.15, 0.2) is 53.4 Å². The van der Waals surface area contributed by atoms with Crippen molar-refractivity contribution in [2.24, 2.45) is 0 Å². The van der Waals surface area contributed by atoms with Crippen LogP contribution in [0.25, 0.3) is 0 Å². The van der Waals surface area contributed by atoms with Crippen LogP contribution in [0.3, 0.4) is 0 Å². The Balaban J connectivity index is 2.30. The van der Waals surface area contributed by atoms with E-state index in [4.69, 9.17) is 11.6 Å². The maximum atomic E-state index is 12.2. The zero-order valence-corrected chi connectivity index (χ0v) is 11.5. The Kier molecular flexibility index (Phi) is 3.73. The number of hydrogen-bond donors (Lipinski definition) is 0. The van der Waals surface area contributed by atoms with E-state index in [-0.39, 0.29) is 5.75 Å². The molecule has 0 unspecified atom stereocenters. The summed E-state index contributed by atoms with van der Waals surface area (Å²) >= 11 is 5.75. The Bertz CT molecular complexity index is 646. The number of aryl methyl sites for hydroxylation is 1. The normalized spacial score (nSPS) is 11.4. The molecule has 0 spiro atoms. The lowest BCUT2D eigenvalue weighted by atomic mass is 10.2. The van der Waals surface area contributed by atoms with E-state index in [0.29, 0.717) is 9.92 Å². The van der Waals surface area contributed by atoms with Gasteiger partial charge in [-0.1, -0.05) is 41.4 Å². The summed E-state index contributed by atoms with van der Waals surface area (Å²) in [5, 5.41) is 0.532. The van der Waals surface area contributed by atoms with Crippen LogP contribution in [0.2, 0.25) is 5.02 Å². The van der Waals surface area contributed by atoms with Gasteiger partial charge in [0.25, 0.3) is 0 Å². The Morgan fingerprint density at radius 3 is 2.33 bits per heavy atom. The molecule has 0 aliphatic heterocycles. The predicted octanol–water partition coefficient (Wildman–Crippen LogP) is 3.62.